The summed E-state index contributed by atoms with van der Waals surface area (Å²) in [6, 6.07) is 3.90. The number of fused-ring (bicyclic) bond motifs is 1. The minimum atomic E-state index is -0.559. The molecule has 2 aromatic rings. The Balaban J connectivity index is 2.68. The van der Waals surface area contributed by atoms with Crippen molar-refractivity contribution < 1.29 is 9.18 Å². The number of rotatable bonds is 2. The molecule has 112 valence electrons. The molecule has 6 heteroatoms. The van der Waals surface area contributed by atoms with Gasteiger partial charge in [-0.25, -0.2) is 4.39 Å². The number of nitrogens with one attached hydrogen (secondary N) is 1. The van der Waals surface area contributed by atoms with Gasteiger partial charge in [0.15, 0.2) is 5.69 Å². The van der Waals surface area contributed by atoms with Gasteiger partial charge in [0.2, 0.25) is 5.43 Å². The second kappa shape index (κ2) is 5.27. The fourth-order valence-electron chi connectivity index (χ4n) is 2.05. The van der Waals surface area contributed by atoms with E-state index < -0.39 is 22.7 Å². The molecular weight excluding hydrogens is 273 g/mol. The topological polar surface area (TPSA) is 64.0 Å². The predicted molar refractivity (Wildman–Crippen MR) is 78.9 cm³/mol. The number of aryl methyl sites for hydroxylation is 1. The molecule has 1 aromatic heterocycles. The molecule has 0 aliphatic heterocycles. The molecule has 0 fully saturated rings. The highest BCUT2D eigenvalue weighted by molar-refractivity contribution is 5.95. The van der Waals surface area contributed by atoms with E-state index in [0.29, 0.717) is 12.1 Å². The first-order valence-electron chi connectivity index (χ1n) is 6.76. The molecule has 21 heavy (non-hydrogen) atoms. The molecule has 0 aliphatic carbocycles. The second-order valence-electron chi connectivity index (χ2n) is 5.86. The summed E-state index contributed by atoms with van der Waals surface area (Å²) in [4.78, 5) is 24.6. The lowest BCUT2D eigenvalue weighted by Crippen LogP contribution is -2.43. The molecule has 0 saturated heterocycles. The number of aromatic nitrogens is 2. The van der Waals surface area contributed by atoms with Crippen molar-refractivity contribution in [1.29, 1.82) is 0 Å². The molecule has 0 spiro atoms. The van der Waals surface area contributed by atoms with Crippen molar-refractivity contribution in [2.24, 2.45) is 0 Å². The number of benzene rings is 1. The first-order valence-corrected chi connectivity index (χ1v) is 6.76. The van der Waals surface area contributed by atoms with Crippen LogP contribution in [0.15, 0.2) is 23.0 Å². The van der Waals surface area contributed by atoms with Gasteiger partial charge in [0.05, 0.1) is 10.9 Å². The number of hydrogen-bond acceptors (Lipinski definition) is 3. The van der Waals surface area contributed by atoms with Gasteiger partial charge in [0.1, 0.15) is 5.82 Å². The molecule has 0 aliphatic rings. The van der Waals surface area contributed by atoms with E-state index in [1.807, 2.05) is 27.7 Å². The monoisotopic (exact) mass is 291 g/mol. The third-order valence-corrected chi connectivity index (χ3v) is 2.92. The van der Waals surface area contributed by atoms with Crippen LogP contribution >= 0.6 is 0 Å². The van der Waals surface area contributed by atoms with E-state index in [0.717, 1.165) is 6.07 Å². The first-order chi connectivity index (χ1) is 9.73. The summed E-state index contributed by atoms with van der Waals surface area (Å²) in [5, 5.41) is 6.96. The van der Waals surface area contributed by atoms with Crippen LogP contribution in [-0.2, 0) is 6.54 Å². The summed E-state index contributed by atoms with van der Waals surface area (Å²) in [5.41, 5.74) is -0.754. The maximum absolute atomic E-state index is 13.4. The molecule has 1 aromatic carbocycles. The van der Waals surface area contributed by atoms with Crippen molar-refractivity contribution in [2.75, 3.05) is 0 Å². The van der Waals surface area contributed by atoms with Gasteiger partial charge in [0, 0.05) is 12.1 Å². The van der Waals surface area contributed by atoms with E-state index in [-0.39, 0.29) is 11.1 Å². The number of hydrogen-bond donors (Lipinski definition) is 1. The zero-order chi connectivity index (χ0) is 15.8. The Labute approximate surface area is 121 Å². The zero-order valence-corrected chi connectivity index (χ0v) is 12.5. The summed E-state index contributed by atoms with van der Waals surface area (Å²) in [6.45, 7) is 7.74. The van der Waals surface area contributed by atoms with Gasteiger partial charge in [-0.2, -0.15) is 5.10 Å². The number of halogens is 1. The van der Waals surface area contributed by atoms with Gasteiger partial charge in [-0.15, -0.1) is 0 Å². The van der Waals surface area contributed by atoms with Crippen LogP contribution in [0.1, 0.15) is 38.2 Å². The van der Waals surface area contributed by atoms with Gasteiger partial charge < -0.3 is 5.32 Å². The minimum Gasteiger partial charge on any atom is -0.346 e. The number of carbonyl (C=O) groups is 1. The van der Waals surface area contributed by atoms with Crippen molar-refractivity contribution in [2.45, 2.75) is 39.8 Å². The van der Waals surface area contributed by atoms with E-state index in [4.69, 9.17) is 0 Å². The molecule has 0 saturated carbocycles. The van der Waals surface area contributed by atoms with E-state index in [1.54, 1.807) is 0 Å². The number of carbonyl (C=O) groups excluding carboxylic acids is 1. The lowest BCUT2D eigenvalue weighted by molar-refractivity contribution is 0.0911. The van der Waals surface area contributed by atoms with Crippen LogP contribution in [0.25, 0.3) is 10.9 Å². The molecule has 0 radical (unpaired) electrons. The van der Waals surface area contributed by atoms with E-state index in [1.165, 1.54) is 16.8 Å². The van der Waals surface area contributed by atoms with Crippen LogP contribution in [0.5, 0.6) is 0 Å². The molecule has 0 unspecified atom stereocenters. The molecule has 1 amide bonds. The zero-order valence-electron chi connectivity index (χ0n) is 12.5. The summed E-state index contributed by atoms with van der Waals surface area (Å²) in [7, 11) is 0. The Morgan fingerprint density at radius 3 is 2.62 bits per heavy atom. The normalized spacial score (nSPS) is 11.7. The Bertz CT molecular complexity index is 760. The quantitative estimate of drug-likeness (QED) is 0.921. The Kier molecular flexibility index (Phi) is 3.80. The maximum atomic E-state index is 13.4. The molecule has 5 nitrogen and oxygen atoms in total. The fraction of sp³-hybridized carbons (Fsp3) is 0.400. The highest BCUT2D eigenvalue weighted by atomic mass is 19.1. The Hall–Kier alpha value is -2.24. The largest absolute Gasteiger partial charge is 0.346 e. The fourth-order valence-corrected chi connectivity index (χ4v) is 2.05. The number of amides is 1. The third kappa shape index (κ3) is 3.09. The molecule has 0 atom stereocenters. The molecule has 1 N–H and O–H groups in total. The van der Waals surface area contributed by atoms with E-state index >= 15 is 0 Å². The Morgan fingerprint density at radius 1 is 1.38 bits per heavy atom. The van der Waals surface area contributed by atoms with Crippen molar-refractivity contribution in [3.63, 3.8) is 0 Å². The predicted octanol–water partition coefficient (Wildman–Crippen LogP) is 2.08. The average Bonchev–Trinajstić information content (AvgIpc) is 2.37. The van der Waals surface area contributed by atoms with Crippen molar-refractivity contribution >= 4 is 16.8 Å². The summed E-state index contributed by atoms with van der Waals surface area (Å²) >= 11 is 0. The average molecular weight is 291 g/mol. The van der Waals surface area contributed by atoms with Crippen LogP contribution in [0.2, 0.25) is 0 Å². The lowest BCUT2D eigenvalue weighted by atomic mass is 10.1. The van der Waals surface area contributed by atoms with Crippen molar-refractivity contribution in [1.82, 2.24) is 15.1 Å². The van der Waals surface area contributed by atoms with Gasteiger partial charge >= 0.3 is 0 Å². The molecule has 0 bridgehead atoms. The van der Waals surface area contributed by atoms with Crippen LogP contribution in [-0.4, -0.2) is 21.2 Å². The van der Waals surface area contributed by atoms with E-state index in [9.17, 15) is 14.0 Å². The molecular formula is C15H18FN3O2. The molecule has 1 heterocycles. The van der Waals surface area contributed by atoms with Gasteiger partial charge in [-0.05, 0) is 45.9 Å². The summed E-state index contributed by atoms with van der Waals surface area (Å²) in [6.07, 6.45) is 0. The summed E-state index contributed by atoms with van der Waals surface area (Å²) in [5.74, 6) is -1.07. The SMILES string of the molecule is CCn1nc(C(=O)NC(C)(C)C)c(=O)c2cc(F)ccc21. The molecule has 2 rings (SSSR count). The van der Waals surface area contributed by atoms with Crippen molar-refractivity contribution in [3.05, 3.63) is 39.9 Å². The van der Waals surface area contributed by atoms with E-state index in [2.05, 4.69) is 10.4 Å². The highest BCUT2D eigenvalue weighted by Gasteiger charge is 2.21. The minimum absolute atomic E-state index is 0.158. The first kappa shape index (κ1) is 15.2. The summed E-state index contributed by atoms with van der Waals surface area (Å²) < 4.78 is 14.9. The maximum Gasteiger partial charge on any atom is 0.276 e. The standard InChI is InChI=1S/C15H18FN3O2/c1-5-19-11-7-6-9(16)8-10(11)13(20)12(18-19)14(21)17-15(2,3)4/h6-8H,5H2,1-4H3,(H,17,21). The van der Waals surface area contributed by atoms with Crippen molar-refractivity contribution in [3.8, 4) is 0 Å². The van der Waals surface area contributed by atoms with Crippen LogP contribution in [0.4, 0.5) is 4.39 Å². The Morgan fingerprint density at radius 2 is 2.05 bits per heavy atom. The van der Waals surface area contributed by atoms with Crippen LogP contribution in [0, 0.1) is 5.82 Å². The van der Waals surface area contributed by atoms with Crippen LogP contribution < -0.4 is 10.7 Å². The lowest BCUT2D eigenvalue weighted by Gasteiger charge is -2.20. The smallest absolute Gasteiger partial charge is 0.276 e. The van der Waals surface area contributed by atoms with Gasteiger partial charge in [-0.1, -0.05) is 0 Å². The number of nitrogens with zero attached hydrogens (tertiary/aromatic N) is 2. The van der Waals surface area contributed by atoms with Gasteiger partial charge in [0.25, 0.3) is 5.91 Å². The second-order valence-corrected chi connectivity index (χ2v) is 5.86. The highest BCUT2D eigenvalue weighted by Crippen LogP contribution is 2.12. The third-order valence-electron chi connectivity index (χ3n) is 2.92. The van der Waals surface area contributed by atoms with Crippen LogP contribution in [0.3, 0.4) is 0 Å². The van der Waals surface area contributed by atoms with Gasteiger partial charge in [-0.3, -0.25) is 14.3 Å².